The Labute approximate surface area is 185 Å². The molecular formula is C22H34N2O6S. The van der Waals surface area contributed by atoms with Gasteiger partial charge in [-0.05, 0) is 63.9 Å². The van der Waals surface area contributed by atoms with Crippen molar-refractivity contribution < 1.29 is 27.3 Å². The molecule has 0 radical (unpaired) electrons. The van der Waals surface area contributed by atoms with Crippen LogP contribution in [0.1, 0.15) is 50.5 Å². The lowest BCUT2D eigenvalue weighted by molar-refractivity contribution is -0.158. The van der Waals surface area contributed by atoms with E-state index in [0.29, 0.717) is 12.1 Å². The van der Waals surface area contributed by atoms with Crippen LogP contribution in [0.2, 0.25) is 0 Å². The van der Waals surface area contributed by atoms with E-state index in [0.717, 1.165) is 12.8 Å². The number of morpholine rings is 1. The Morgan fingerprint density at radius 2 is 1.48 bits per heavy atom. The number of piperidine rings is 1. The Hall–Kier alpha value is -1.81. The van der Waals surface area contributed by atoms with Crippen LogP contribution in [-0.4, -0.2) is 74.0 Å². The van der Waals surface area contributed by atoms with Crippen LogP contribution in [-0.2, 0) is 24.4 Å². The van der Waals surface area contributed by atoms with Crippen molar-refractivity contribution in [2.24, 2.45) is 0 Å². The van der Waals surface area contributed by atoms with Crippen LogP contribution < -0.4 is 0 Å². The van der Waals surface area contributed by atoms with Crippen LogP contribution in [0.4, 0.5) is 0 Å². The summed E-state index contributed by atoms with van der Waals surface area (Å²) in [5, 5.41) is 0. The highest BCUT2D eigenvalue weighted by Gasteiger charge is 2.25. The zero-order chi connectivity index (χ0) is 22.7. The molecule has 1 aromatic rings. The van der Waals surface area contributed by atoms with Crippen molar-refractivity contribution in [1.82, 2.24) is 9.80 Å². The first-order valence-electron chi connectivity index (χ1n) is 11.0. The van der Waals surface area contributed by atoms with E-state index in [2.05, 4.69) is 4.90 Å². The zero-order valence-corrected chi connectivity index (χ0v) is 19.1. The third-order valence-corrected chi connectivity index (χ3v) is 6.49. The molecule has 174 valence electrons. The van der Waals surface area contributed by atoms with Gasteiger partial charge in [-0.25, -0.2) is 0 Å². The number of benzene rings is 1. The highest BCUT2D eigenvalue weighted by Crippen LogP contribution is 2.13. The normalized spacial score (nSPS) is 17.9. The summed E-state index contributed by atoms with van der Waals surface area (Å²) in [6.45, 7) is 6.03. The second kappa shape index (κ2) is 12.9. The van der Waals surface area contributed by atoms with Gasteiger partial charge in [0.25, 0.3) is 21.9 Å². The van der Waals surface area contributed by atoms with Gasteiger partial charge in [-0.2, -0.15) is 8.42 Å². The highest BCUT2D eigenvalue weighted by molar-refractivity contribution is 7.85. The lowest BCUT2D eigenvalue weighted by Gasteiger charge is -2.26. The summed E-state index contributed by atoms with van der Waals surface area (Å²) in [5.41, 5.74) is 0.551. The van der Waals surface area contributed by atoms with Crippen LogP contribution >= 0.6 is 0 Å². The second-order valence-corrected chi connectivity index (χ2v) is 9.38. The number of ether oxygens (including phenoxy) is 1. The van der Waals surface area contributed by atoms with E-state index >= 15 is 0 Å². The molecule has 31 heavy (non-hydrogen) atoms. The molecule has 2 amide bonds. The van der Waals surface area contributed by atoms with Crippen molar-refractivity contribution in [2.45, 2.75) is 56.8 Å². The molecule has 1 aromatic carbocycles. The first kappa shape index (κ1) is 25.5. The number of amides is 2. The van der Waals surface area contributed by atoms with E-state index in [1.807, 2.05) is 0 Å². The third-order valence-electron chi connectivity index (χ3n) is 5.48. The number of rotatable bonds is 8. The summed E-state index contributed by atoms with van der Waals surface area (Å²) in [7, 11) is -4.03. The molecule has 0 spiro atoms. The Morgan fingerprint density at radius 3 is 2.03 bits per heavy atom. The fourth-order valence-electron chi connectivity index (χ4n) is 3.76. The molecule has 0 bridgehead atoms. The third kappa shape index (κ3) is 9.06. The van der Waals surface area contributed by atoms with Gasteiger partial charge in [-0.15, -0.1) is 0 Å². The van der Waals surface area contributed by atoms with Crippen LogP contribution in [0.15, 0.2) is 29.2 Å². The van der Waals surface area contributed by atoms with Gasteiger partial charge in [0.05, 0.1) is 4.90 Å². The van der Waals surface area contributed by atoms with Gasteiger partial charge >= 0.3 is 0 Å². The molecule has 0 aliphatic carbocycles. The summed E-state index contributed by atoms with van der Waals surface area (Å²) < 4.78 is 34.8. The maximum atomic E-state index is 11.5. The zero-order valence-electron chi connectivity index (χ0n) is 18.3. The first-order valence-corrected chi connectivity index (χ1v) is 12.4. The van der Waals surface area contributed by atoms with E-state index in [4.69, 9.17) is 9.29 Å². The van der Waals surface area contributed by atoms with Crippen LogP contribution in [0.5, 0.6) is 0 Å². The predicted molar refractivity (Wildman–Crippen MR) is 117 cm³/mol. The van der Waals surface area contributed by atoms with E-state index in [1.54, 1.807) is 25.1 Å². The molecule has 2 fully saturated rings. The SMILES string of the molecule is Cc1ccccc1S(=O)(=O)O.O=C1COCC(=O)N1CCCCCCN1CCCCC1. The van der Waals surface area contributed by atoms with E-state index in [1.165, 1.54) is 62.7 Å². The molecule has 0 unspecified atom stereocenters. The molecule has 3 rings (SSSR count). The molecule has 2 heterocycles. The lowest BCUT2D eigenvalue weighted by Crippen LogP contribution is -2.46. The topological polar surface area (TPSA) is 104 Å². The summed E-state index contributed by atoms with van der Waals surface area (Å²) in [5.74, 6) is -0.371. The monoisotopic (exact) mass is 454 g/mol. The maximum Gasteiger partial charge on any atom is 0.294 e. The summed E-state index contributed by atoms with van der Waals surface area (Å²) >= 11 is 0. The molecule has 8 nitrogen and oxygen atoms in total. The number of likely N-dealkylation sites (tertiary alicyclic amines) is 1. The minimum atomic E-state index is -4.03. The number of aryl methyl sites for hydroxylation is 1. The Balaban J connectivity index is 0.000000262. The Morgan fingerprint density at radius 1 is 0.903 bits per heavy atom. The maximum absolute atomic E-state index is 11.5. The number of nitrogens with zero attached hydrogens (tertiary/aromatic N) is 2. The van der Waals surface area contributed by atoms with Gasteiger partial charge < -0.3 is 9.64 Å². The summed E-state index contributed by atoms with van der Waals surface area (Å²) in [4.78, 5) is 26.9. The number of carbonyl (C=O) groups is 2. The number of unbranched alkanes of at least 4 members (excludes halogenated alkanes) is 3. The molecule has 0 saturated carbocycles. The summed E-state index contributed by atoms with van der Waals surface area (Å²) in [6.07, 6.45) is 8.50. The number of hydrogen-bond acceptors (Lipinski definition) is 6. The molecule has 2 aliphatic heterocycles. The molecule has 0 aromatic heterocycles. The average Bonchev–Trinajstić information content (AvgIpc) is 2.73. The van der Waals surface area contributed by atoms with E-state index in [-0.39, 0.29) is 29.9 Å². The van der Waals surface area contributed by atoms with Crippen LogP contribution in [0, 0.1) is 6.92 Å². The first-order chi connectivity index (χ1) is 14.8. The van der Waals surface area contributed by atoms with E-state index in [9.17, 15) is 18.0 Å². The Kier molecular flexibility index (Phi) is 10.6. The van der Waals surface area contributed by atoms with Crippen molar-refractivity contribution >= 4 is 21.9 Å². The fraction of sp³-hybridized carbons (Fsp3) is 0.636. The van der Waals surface area contributed by atoms with Crippen molar-refractivity contribution in [3.63, 3.8) is 0 Å². The number of hydrogen-bond donors (Lipinski definition) is 1. The summed E-state index contributed by atoms with van der Waals surface area (Å²) in [6, 6.07) is 6.27. The van der Waals surface area contributed by atoms with Gasteiger partial charge in [-0.1, -0.05) is 37.5 Å². The predicted octanol–water partition coefficient (Wildman–Crippen LogP) is 2.66. The van der Waals surface area contributed by atoms with Crippen molar-refractivity contribution in [1.29, 1.82) is 0 Å². The molecule has 9 heteroatoms. The molecule has 2 saturated heterocycles. The number of imide groups is 1. The van der Waals surface area contributed by atoms with Crippen LogP contribution in [0.3, 0.4) is 0 Å². The minimum Gasteiger partial charge on any atom is -0.362 e. The fourth-order valence-corrected chi connectivity index (χ4v) is 4.48. The molecule has 0 atom stereocenters. The van der Waals surface area contributed by atoms with Gasteiger partial charge in [0.2, 0.25) is 0 Å². The quantitative estimate of drug-likeness (QED) is 0.366. The standard InChI is InChI=1S/C15H26N2O3.C7H8O3S/c18-14-12-20-13-15(19)17(14)11-7-2-1-4-8-16-9-5-3-6-10-16;1-6-4-2-3-5-7(6)11(8,9)10/h1-13H2;2-5H,1H3,(H,8,9,10). The average molecular weight is 455 g/mol. The largest absolute Gasteiger partial charge is 0.362 e. The Bertz CT molecular complexity index is 805. The molecule has 1 N–H and O–H groups in total. The molecular weight excluding hydrogens is 420 g/mol. The second-order valence-electron chi connectivity index (χ2n) is 7.99. The van der Waals surface area contributed by atoms with Crippen molar-refractivity contribution in [3.05, 3.63) is 29.8 Å². The van der Waals surface area contributed by atoms with Gasteiger partial charge in [0, 0.05) is 6.54 Å². The minimum absolute atomic E-state index is 0.0278. The number of carbonyl (C=O) groups excluding carboxylic acids is 2. The van der Waals surface area contributed by atoms with Crippen molar-refractivity contribution in [3.8, 4) is 0 Å². The lowest BCUT2D eigenvalue weighted by atomic mass is 10.1. The van der Waals surface area contributed by atoms with Crippen LogP contribution in [0.25, 0.3) is 0 Å². The van der Waals surface area contributed by atoms with E-state index < -0.39 is 10.1 Å². The smallest absolute Gasteiger partial charge is 0.294 e. The molecule has 2 aliphatic rings. The van der Waals surface area contributed by atoms with Gasteiger partial charge in [0.1, 0.15) is 13.2 Å². The van der Waals surface area contributed by atoms with Gasteiger partial charge in [0.15, 0.2) is 0 Å². The highest BCUT2D eigenvalue weighted by atomic mass is 32.2. The van der Waals surface area contributed by atoms with Gasteiger partial charge in [-0.3, -0.25) is 19.0 Å². The van der Waals surface area contributed by atoms with Crippen molar-refractivity contribution in [2.75, 3.05) is 39.4 Å².